The van der Waals surface area contributed by atoms with Gasteiger partial charge in [0.15, 0.2) is 0 Å². The van der Waals surface area contributed by atoms with Crippen LogP contribution in [0.25, 0.3) is 0 Å². The predicted octanol–water partition coefficient (Wildman–Crippen LogP) is 5.33. The molecule has 1 nitrogen and oxygen atoms in total. The molecule has 0 radical (unpaired) electrons. The zero-order valence-corrected chi connectivity index (χ0v) is 15.1. The fraction of sp³-hybridized carbons (Fsp3) is 0.692. The minimum atomic E-state index is 0.198. The molecule has 98 valence electrons. The molecule has 0 aliphatic carbocycles. The first-order chi connectivity index (χ1) is 7.63. The van der Waals surface area contributed by atoms with Crippen molar-refractivity contribution in [3.63, 3.8) is 0 Å². The molecule has 0 unspecified atom stereocenters. The van der Waals surface area contributed by atoms with Crippen LogP contribution in [0.3, 0.4) is 0 Å². The summed E-state index contributed by atoms with van der Waals surface area (Å²) in [4.78, 5) is 1.42. The van der Waals surface area contributed by atoms with Gasteiger partial charge in [-0.15, -0.1) is 11.3 Å². The molecule has 0 saturated carbocycles. The van der Waals surface area contributed by atoms with E-state index in [0.29, 0.717) is 0 Å². The molecular weight excluding hydrogens is 362 g/mol. The molecule has 0 aliphatic heterocycles. The molecule has 4 heteroatoms. The molecule has 0 atom stereocenters. The van der Waals surface area contributed by atoms with Gasteiger partial charge in [0, 0.05) is 30.2 Å². The summed E-state index contributed by atoms with van der Waals surface area (Å²) >= 11 is 9.04. The van der Waals surface area contributed by atoms with Crippen LogP contribution in [0.4, 0.5) is 0 Å². The summed E-state index contributed by atoms with van der Waals surface area (Å²) in [6.45, 7) is 12.3. The van der Waals surface area contributed by atoms with Gasteiger partial charge < -0.3 is 5.32 Å². The van der Waals surface area contributed by atoms with Gasteiger partial charge in [-0.2, -0.15) is 0 Å². The Bertz CT molecular complexity index is 377. The summed E-state index contributed by atoms with van der Waals surface area (Å²) < 4.78 is 2.37. The van der Waals surface area contributed by atoms with Crippen molar-refractivity contribution in [1.82, 2.24) is 5.32 Å². The lowest BCUT2D eigenvalue weighted by Crippen LogP contribution is -2.38. The Labute approximate surface area is 126 Å². The highest BCUT2D eigenvalue weighted by molar-refractivity contribution is 9.13. The van der Waals surface area contributed by atoms with E-state index in [1.165, 1.54) is 9.35 Å². The van der Waals surface area contributed by atoms with E-state index < -0.39 is 0 Å². The molecule has 0 amide bonds. The number of nitrogens with one attached hydrogen (secondary N) is 1. The topological polar surface area (TPSA) is 12.0 Å². The number of halogens is 2. The van der Waals surface area contributed by atoms with Crippen LogP contribution in [0.15, 0.2) is 14.3 Å². The fourth-order valence-corrected chi connectivity index (χ4v) is 4.31. The largest absolute Gasteiger partial charge is 0.312 e. The molecule has 0 aromatic carbocycles. The molecule has 0 bridgehead atoms. The van der Waals surface area contributed by atoms with Crippen molar-refractivity contribution >= 4 is 43.2 Å². The number of hydrogen-bond acceptors (Lipinski definition) is 2. The van der Waals surface area contributed by atoms with Crippen molar-refractivity contribution in [1.29, 1.82) is 0 Å². The molecule has 1 N–H and O–H groups in total. The second-order valence-electron chi connectivity index (χ2n) is 6.04. The highest BCUT2D eigenvalue weighted by atomic mass is 79.9. The van der Waals surface area contributed by atoms with Crippen molar-refractivity contribution in [3.8, 4) is 0 Å². The van der Waals surface area contributed by atoms with Gasteiger partial charge in [0.1, 0.15) is 0 Å². The average molecular weight is 383 g/mol. The fourth-order valence-electron chi connectivity index (χ4n) is 1.64. The number of rotatable bonds is 4. The molecule has 1 heterocycles. The Morgan fingerprint density at radius 2 is 1.76 bits per heavy atom. The Morgan fingerprint density at radius 1 is 1.18 bits per heavy atom. The highest BCUT2D eigenvalue weighted by Gasteiger charge is 2.26. The van der Waals surface area contributed by atoms with E-state index in [1.807, 2.05) is 11.3 Å². The molecule has 17 heavy (non-hydrogen) atoms. The van der Waals surface area contributed by atoms with Gasteiger partial charge in [-0.1, -0.05) is 13.8 Å². The van der Waals surface area contributed by atoms with Crippen LogP contribution in [0.2, 0.25) is 0 Å². The Kier molecular flexibility index (Phi) is 5.28. The third kappa shape index (κ3) is 4.66. The van der Waals surface area contributed by atoms with E-state index in [1.54, 1.807) is 0 Å². The second-order valence-corrected chi connectivity index (χ2v) is 8.56. The standard InChI is InChI=1S/C13H21Br2NS/c1-12(2,3)16-7-6-13(4,5)11-10(15)9(14)8-17-11/h8,16H,6-7H2,1-5H3. The first-order valence-electron chi connectivity index (χ1n) is 5.81. The zero-order valence-electron chi connectivity index (χ0n) is 11.2. The van der Waals surface area contributed by atoms with Crippen LogP contribution in [0.5, 0.6) is 0 Å². The molecule has 0 spiro atoms. The van der Waals surface area contributed by atoms with Gasteiger partial charge in [0.25, 0.3) is 0 Å². The van der Waals surface area contributed by atoms with Crippen molar-refractivity contribution in [3.05, 3.63) is 19.2 Å². The Balaban J connectivity index is 2.66. The third-order valence-electron chi connectivity index (χ3n) is 2.71. The SMILES string of the molecule is CC(C)(C)NCCC(C)(C)c1scc(Br)c1Br. The molecule has 0 saturated heterocycles. The maximum absolute atomic E-state index is 3.66. The Morgan fingerprint density at radius 3 is 2.18 bits per heavy atom. The maximum atomic E-state index is 3.66. The van der Waals surface area contributed by atoms with Crippen LogP contribution in [-0.4, -0.2) is 12.1 Å². The lowest BCUT2D eigenvalue weighted by Gasteiger charge is -2.27. The lowest BCUT2D eigenvalue weighted by atomic mass is 9.87. The van der Waals surface area contributed by atoms with Crippen LogP contribution < -0.4 is 5.32 Å². The first kappa shape index (κ1) is 15.7. The monoisotopic (exact) mass is 381 g/mol. The van der Waals surface area contributed by atoms with Gasteiger partial charge in [-0.3, -0.25) is 0 Å². The predicted molar refractivity (Wildman–Crippen MR) is 85.1 cm³/mol. The van der Waals surface area contributed by atoms with E-state index in [0.717, 1.165) is 17.4 Å². The molecule has 1 rings (SSSR count). The summed E-state index contributed by atoms with van der Waals surface area (Å²) in [6.07, 6.45) is 1.13. The molecule has 1 aromatic rings. The van der Waals surface area contributed by atoms with E-state index in [2.05, 4.69) is 77.2 Å². The molecule has 0 fully saturated rings. The van der Waals surface area contributed by atoms with Crippen molar-refractivity contribution in [2.24, 2.45) is 0 Å². The smallest absolute Gasteiger partial charge is 0.0462 e. The van der Waals surface area contributed by atoms with Crippen LogP contribution in [-0.2, 0) is 5.41 Å². The quantitative estimate of drug-likeness (QED) is 0.741. The van der Waals surface area contributed by atoms with Crippen molar-refractivity contribution < 1.29 is 0 Å². The van der Waals surface area contributed by atoms with Gasteiger partial charge in [-0.05, 0) is 65.6 Å². The van der Waals surface area contributed by atoms with Crippen LogP contribution in [0.1, 0.15) is 45.9 Å². The summed E-state index contributed by atoms with van der Waals surface area (Å²) in [7, 11) is 0. The minimum absolute atomic E-state index is 0.198. The van der Waals surface area contributed by atoms with Gasteiger partial charge in [0.05, 0.1) is 0 Å². The first-order valence-corrected chi connectivity index (χ1v) is 8.28. The second kappa shape index (κ2) is 5.72. The lowest BCUT2D eigenvalue weighted by molar-refractivity contribution is 0.381. The Hall–Kier alpha value is 0.620. The van der Waals surface area contributed by atoms with E-state index in [-0.39, 0.29) is 11.0 Å². The highest BCUT2D eigenvalue weighted by Crippen LogP contribution is 2.41. The van der Waals surface area contributed by atoms with Gasteiger partial charge in [0.2, 0.25) is 0 Å². The van der Waals surface area contributed by atoms with Gasteiger partial charge in [-0.25, -0.2) is 0 Å². The van der Waals surface area contributed by atoms with E-state index in [9.17, 15) is 0 Å². The molecule has 0 aliphatic rings. The zero-order chi connectivity index (χ0) is 13.3. The van der Waals surface area contributed by atoms with Crippen molar-refractivity contribution in [2.75, 3.05) is 6.54 Å². The summed E-state index contributed by atoms with van der Waals surface area (Å²) in [6, 6.07) is 0. The molecular formula is C13H21Br2NS. The maximum Gasteiger partial charge on any atom is 0.0462 e. The summed E-state index contributed by atoms with van der Waals surface area (Å²) in [5.74, 6) is 0. The number of thiophene rings is 1. The van der Waals surface area contributed by atoms with Crippen LogP contribution in [0, 0.1) is 0 Å². The minimum Gasteiger partial charge on any atom is -0.312 e. The molecule has 1 aromatic heterocycles. The van der Waals surface area contributed by atoms with E-state index in [4.69, 9.17) is 0 Å². The van der Waals surface area contributed by atoms with E-state index >= 15 is 0 Å². The normalized spacial score (nSPS) is 13.1. The summed E-state index contributed by atoms with van der Waals surface area (Å²) in [5.41, 5.74) is 0.400. The average Bonchev–Trinajstić information content (AvgIpc) is 2.45. The third-order valence-corrected chi connectivity index (χ3v) is 6.60. The number of hydrogen-bond donors (Lipinski definition) is 1. The van der Waals surface area contributed by atoms with Crippen LogP contribution >= 0.6 is 43.2 Å². The summed E-state index contributed by atoms with van der Waals surface area (Å²) in [5, 5.41) is 5.70. The van der Waals surface area contributed by atoms with Gasteiger partial charge >= 0.3 is 0 Å². The van der Waals surface area contributed by atoms with Crippen molar-refractivity contribution in [2.45, 2.75) is 52.0 Å².